The van der Waals surface area contributed by atoms with Crippen molar-refractivity contribution in [3.8, 4) is 11.5 Å². The quantitative estimate of drug-likeness (QED) is 0.709. The molecule has 1 aromatic carbocycles. The smallest absolute Gasteiger partial charge is 0.241 e. The molecule has 1 aliphatic rings. The van der Waals surface area contributed by atoms with Gasteiger partial charge in [-0.2, -0.15) is 0 Å². The molecule has 28 heavy (non-hydrogen) atoms. The first-order chi connectivity index (χ1) is 13.8. The number of hydrogen-bond acceptors (Lipinski definition) is 5. The second-order valence-corrected chi connectivity index (χ2v) is 6.76. The summed E-state index contributed by atoms with van der Waals surface area (Å²) in [6, 6.07) is 14.9. The second-order valence-electron chi connectivity index (χ2n) is 6.76. The number of pyridine rings is 2. The van der Waals surface area contributed by atoms with Gasteiger partial charge < -0.3 is 10.1 Å². The lowest BCUT2D eigenvalue weighted by molar-refractivity contribution is -0.120. The Kier molecular flexibility index (Phi) is 5.58. The van der Waals surface area contributed by atoms with Gasteiger partial charge in [-0.3, -0.25) is 19.7 Å². The van der Waals surface area contributed by atoms with Crippen molar-refractivity contribution < 1.29 is 9.53 Å². The monoisotopic (exact) mass is 374 g/mol. The number of likely N-dealkylation sites (tertiary alicyclic amines) is 1. The van der Waals surface area contributed by atoms with Gasteiger partial charge in [-0.05, 0) is 61.3 Å². The van der Waals surface area contributed by atoms with Crippen LogP contribution in [0.3, 0.4) is 0 Å². The number of anilines is 1. The minimum atomic E-state index is -0.153. The number of carbonyl (C=O) groups is 1. The Hall–Kier alpha value is -3.25. The lowest BCUT2D eigenvalue weighted by atomic mass is 10.1. The molecule has 1 N–H and O–H groups in total. The third kappa shape index (κ3) is 4.35. The van der Waals surface area contributed by atoms with Gasteiger partial charge in [-0.1, -0.05) is 12.1 Å². The van der Waals surface area contributed by atoms with E-state index >= 15 is 0 Å². The van der Waals surface area contributed by atoms with Gasteiger partial charge in [0.2, 0.25) is 5.91 Å². The van der Waals surface area contributed by atoms with Crippen molar-refractivity contribution in [2.24, 2.45) is 0 Å². The number of para-hydroxylation sites is 2. The first-order valence-corrected chi connectivity index (χ1v) is 9.40. The van der Waals surface area contributed by atoms with Crippen molar-refractivity contribution in [3.63, 3.8) is 0 Å². The number of ether oxygens (including phenoxy) is 1. The van der Waals surface area contributed by atoms with E-state index in [0.29, 0.717) is 17.2 Å². The molecular formula is C22H22N4O2. The summed E-state index contributed by atoms with van der Waals surface area (Å²) in [4.78, 5) is 23.3. The number of nitrogens with zero attached hydrogens (tertiary/aromatic N) is 3. The SMILES string of the molecule is O=C(Nc1ccccc1Oc1cccnc1)C1CCCN1Cc1ccncc1. The molecule has 6 heteroatoms. The minimum Gasteiger partial charge on any atom is -0.454 e. The van der Waals surface area contributed by atoms with Crippen molar-refractivity contribution >= 4 is 11.6 Å². The molecule has 4 rings (SSSR count). The molecule has 3 aromatic rings. The maximum atomic E-state index is 13.0. The van der Waals surface area contributed by atoms with Gasteiger partial charge in [0, 0.05) is 25.1 Å². The highest BCUT2D eigenvalue weighted by Gasteiger charge is 2.31. The van der Waals surface area contributed by atoms with Gasteiger partial charge >= 0.3 is 0 Å². The van der Waals surface area contributed by atoms with Crippen LogP contribution in [0.2, 0.25) is 0 Å². The highest BCUT2D eigenvalue weighted by molar-refractivity contribution is 5.96. The molecule has 1 aliphatic heterocycles. The Morgan fingerprint density at radius 2 is 1.93 bits per heavy atom. The zero-order valence-corrected chi connectivity index (χ0v) is 15.5. The maximum absolute atomic E-state index is 13.0. The van der Waals surface area contributed by atoms with E-state index in [2.05, 4.69) is 20.2 Å². The molecule has 1 amide bonds. The molecule has 142 valence electrons. The standard InChI is InChI=1S/C22H22N4O2/c27-22(20-7-4-14-26(20)16-17-9-12-23-13-10-17)25-19-6-1-2-8-21(19)28-18-5-3-11-24-15-18/h1-3,5-6,8-13,15,20H,4,7,14,16H2,(H,25,27). The van der Waals surface area contributed by atoms with E-state index in [4.69, 9.17) is 4.74 Å². The van der Waals surface area contributed by atoms with Gasteiger partial charge in [0.25, 0.3) is 0 Å². The molecule has 0 aliphatic carbocycles. The Labute approximate surface area is 164 Å². The van der Waals surface area contributed by atoms with Crippen molar-refractivity contribution in [2.45, 2.75) is 25.4 Å². The summed E-state index contributed by atoms with van der Waals surface area (Å²) in [6.45, 7) is 1.66. The molecule has 1 unspecified atom stereocenters. The number of carbonyl (C=O) groups excluding carboxylic acids is 1. The van der Waals surface area contributed by atoms with Gasteiger partial charge in [0.15, 0.2) is 5.75 Å². The second kappa shape index (κ2) is 8.63. The van der Waals surface area contributed by atoms with Crippen LogP contribution in [0.25, 0.3) is 0 Å². The third-order valence-corrected chi connectivity index (χ3v) is 4.81. The van der Waals surface area contributed by atoms with E-state index in [1.165, 1.54) is 0 Å². The predicted octanol–water partition coefficient (Wildman–Crippen LogP) is 3.87. The van der Waals surface area contributed by atoms with E-state index in [1.807, 2.05) is 48.5 Å². The molecule has 0 spiro atoms. The van der Waals surface area contributed by atoms with Crippen molar-refractivity contribution in [1.29, 1.82) is 0 Å². The molecule has 1 saturated heterocycles. The predicted molar refractivity (Wildman–Crippen MR) is 107 cm³/mol. The summed E-state index contributed by atoms with van der Waals surface area (Å²) in [5.41, 5.74) is 1.82. The van der Waals surface area contributed by atoms with E-state index in [1.54, 1.807) is 24.8 Å². The molecule has 1 atom stereocenters. The number of nitrogens with one attached hydrogen (secondary N) is 1. The fraction of sp³-hybridized carbons (Fsp3) is 0.227. The topological polar surface area (TPSA) is 67.3 Å². The molecule has 0 bridgehead atoms. The van der Waals surface area contributed by atoms with Crippen molar-refractivity contribution in [1.82, 2.24) is 14.9 Å². The molecule has 2 aromatic heterocycles. The van der Waals surface area contributed by atoms with Crippen LogP contribution >= 0.6 is 0 Å². The number of hydrogen-bond donors (Lipinski definition) is 1. The van der Waals surface area contributed by atoms with Crippen LogP contribution in [-0.4, -0.2) is 33.4 Å². The summed E-state index contributed by atoms with van der Waals surface area (Å²) in [7, 11) is 0. The zero-order valence-electron chi connectivity index (χ0n) is 15.5. The summed E-state index contributed by atoms with van der Waals surface area (Å²) in [5.74, 6) is 1.22. The normalized spacial score (nSPS) is 16.6. The maximum Gasteiger partial charge on any atom is 0.241 e. The molecule has 0 saturated carbocycles. The molecular weight excluding hydrogens is 352 g/mol. The molecule has 6 nitrogen and oxygen atoms in total. The Balaban J connectivity index is 1.46. The highest BCUT2D eigenvalue weighted by atomic mass is 16.5. The van der Waals surface area contributed by atoms with Crippen LogP contribution in [0.15, 0.2) is 73.3 Å². The molecule has 1 fully saturated rings. The average molecular weight is 374 g/mol. The largest absolute Gasteiger partial charge is 0.454 e. The van der Waals surface area contributed by atoms with Crippen LogP contribution in [0.5, 0.6) is 11.5 Å². The Morgan fingerprint density at radius 1 is 1.07 bits per heavy atom. The third-order valence-electron chi connectivity index (χ3n) is 4.81. The van der Waals surface area contributed by atoms with Crippen molar-refractivity contribution in [2.75, 3.05) is 11.9 Å². The van der Waals surface area contributed by atoms with Gasteiger partial charge in [0.1, 0.15) is 5.75 Å². The van der Waals surface area contributed by atoms with E-state index in [-0.39, 0.29) is 11.9 Å². The summed E-state index contributed by atoms with van der Waals surface area (Å²) >= 11 is 0. The number of amides is 1. The lowest BCUT2D eigenvalue weighted by Crippen LogP contribution is -2.39. The lowest BCUT2D eigenvalue weighted by Gasteiger charge is -2.24. The Morgan fingerprint density at radius 3 is 2.75 bits per heavy atom. The first-order valence-electron chi connectivity index (χ1n) is 9.40. The van der Waals surface area contributed by atoms with Gasteiger partial charge in [-0.25, -0.2) is 0 Å². The van der Waals surface area contributed by atoms with E-state index in [9.17, 15) is 4.79 Å². The fourth-order valence-electron chi connectivity index (χ4n) is 3.44. The van der Waals surface area contributed by atoms with E-state index < -0.39 is 0 Å². The fourth-order valence-corrected chi connectivity index (χ4v) is 3.44. The van der Waals surface area contributed by atoms with Crippen LogP contribution in [-0.2, 0) is 11.3 Å². The van der Waals surface area contributed by atoms with Crippen molar-refractivity contribution in [3.05, 3.63) is 78.9 Å². The Bertz CT molecular complexity index is 918. The number of benzene rings is 1. The van der Waals surface area contributed by atoms with Gasteiger partial charge in [-0.15, -0.1) is 0 Å². The average Bonchev–Trinajstić information content (AvgIpc) is 3.19. The first kappa shape index (κ1) is 18.1. The van der Waals surface area contributed by atoms with E-state index in [0.717, 1.165) is 31.5 Å². The summed E-state index contributed by atoms with van der Waals surface area (Å²) < 4.78 is 5.90. The summed E-state index contributed by atoms with van der Waals surface area (Å²) in [5, 5.41) is 3.05. The molecule has 3 heterocycles. The minimum absolute atomic E-state index is 0.00575. The van der Waals surface area contributed by atoms with Crippen LogP contribution in [0.4, 0.5) is 5.69 Å². The highest BCUT2D eigenvalue weighted by Crippen LogP contribution is 2.30. The number of aromatic nitrogens is 2. The molecule has 0 radical (unpaired) electrons. The summed E-state index contributed by atoms with van der Waals surface area (Å²) in [6.07, 6.45) is 8.77. The van der Waals surface area contributed by atoms with Crippen LogP contribution < -0.4 is 10.1 Å². The number of rotatable bonds is 6. The van der Waals surface area contributed by atoms with Crippen LogP contribution in [0, 0.1) is 0 Å². The van der Waals surface area contributed by atoms with Gasteiger partial charge in [0.05, 0.1) is 17.9 Å². The zero-order chi connectivity index (χ0) is 19.2. The van der Waals surface area contributed by atoms with Crippen LogP contribution in [0.1, 0.15) is 18.4 Å².